The van der Waals surface area contributed by atoms with Gasteiger partial charge in [0.25, 0.3) is 0 Å². The van der Waals surface area contributed by atoms with Crippen LogP contribution in [0.3, 0.4) is 0 Å². The maximum atomic E-state index is 4.50. The molecule has 106 valence electrons. The van der Waals surface area contributed by atoms with Gasteiger partial charge >= 0.3 is 0 Å². The molecule has 2 aromatic rings. The van der Waals surface area contributed by atoms with E-state index in [9.17, 15) is 0 Å². The highest BCUT2D eigenvalue weighted by Crippen LogP contribution is 2.25. The van der Waals surface area contributed by atoms with Gasteiger partial charge in [-0.05, 0) is 63.0 Å². The normalized spacial score (nSPS) is 20.2. The molecule has 1 aromatic heterocycles. The van der Waals surface area contributed by atoms with Crippen LogP contribution in [0.25, 0.3) is 10.9 Å². The zero-order valence-electron chi connectivity index (χ0n) is 12.4. The van der Waals surface area contributed by atoms with Gasteiger partial charge in [0.15, 0.2) is 0 Å². The van der Waals surface area contributed by atoms with Crippen LogP contribution >= 0.6 is 0 Å². The highest BCUT2D eigenvalue weighted by molar-refractivity contribution is 5.93. The number of likely N-dealkylation sites (tertiary alicyclic amines) is 1. The smallest absolute Gasteiger partial charge is 0.0751 e. The van der Waals surface area contributed by atoms with Gasteiger partial charge in [0.2, 0.25) is 0 Å². The lowest BCUT2D eigenvalue weighted by Gasteiger charge is -2.30. The van der Waals surface area contributed by atoms with Gasteiger partial charge < -0.3 is 10.2 Å². The number of pyridine rings is 1. The summed E-state index contributed by atoms with van der Waals surface area (Å²) in [6, 6.07) is 8.52. The Morgan fingerprint density at radius 3 is 3.10 bits per heavy atom. The van der Waals surface area contributed by atoms with E-state index in [2.05, 4.69) is 47.4 Å². The minimum absolute atomic E-state index is 0.752. The zero-order valence-corrected chi connectivity index (χ0v) is 12.4. The number of hydrogen-bond donors (Lipinski definition) is 1. The molecule has 3 nitrogen and oxygen atoms in total. The molecule has 0 saturated carbocycles. The fourth-order valence-corrected chi connectivity index (χ4v) is 3.16. The van der Waals surface area contributed by atoms with Gasteiger partial charge in [-0.25, -0.2) is 0 Å². The Labute approximate surface area is 121 Å². The van der Waals surface area contributed by atoms with Crippen molar-refractivity contribution in [3.05, 3.63) is 36.0 Å². The molecular weight excluding hydrogens is 246 g/mol. The van der Waals surface area contributed by atoms with Crippen LogP contribution in [-0.2, 0) is 0 Å². The van der Waals surface area contributed by atoms with E-state index in [4.69, 9.17) is 0 Å². The van der Waals surface area contributed by atoms with Gasteiger partial charge in [0.05, 0.1) is 5.52 Å². The Bertz CT molecular complexity index is 594. The second kappa shape index (κ2) is 5.80. The van der Waals surface area contributed by atoms with Crippen LogP contribution in [0.1, 0.15) is 18.4 Å². The SMILES string of the molecule is Cc1ccc(NCC2CCCN(C)C2)c2cccnc12. The average molecular weight is 269 g/mol. The number of nitrogens with zero attached hydrogens (tertiary/aromatic N) is 2. The van der Waals surface area contributed by atoms with Crippen LogP contribution in [0.5, 0.6) is 0 Å². The first-order valence-corrected chi connectivity index (χ1v) is 7.51. The van der Waals surface area contributed by atoms with Crippen molar-refractivity contribution in [1.82, 2.24) is 9.88 Å². The Kier molecular flexibility index (Phi) is 3.88. The summed E-state index contributed by atoms with van der Waals surface area (Å²) in [6.45, 7) is 5.62. The predicted octanol–water partition coefficient (Wildman–Crippen LogP) is 3.30. The van der Waals surface area contributed by atoms with Gasteiger partial charge in [0.1, 0.15) is 0 Å². The topological polar surface area (TPSA) is 28.2 Å². The summed E-state index contributed by atoms with van der Waals surface area (Å²) in [6.07, 6.45) is 4.52. The Morgan fingerprint density at radius 1 is 1.35 bits per heavy atom. The van der Waals surface area contributed by atoms with E-state index in [0.717, 1.165) is 18.0 Å². The molecule has 0 amide bonds. The monoisotopic (exact) mass is 269 g/mol. The first kappa shape index (κ1) is 13.4. The number of aryl methyl sites for hydroxylation is 1. The first-order chi connectivity index (χ1) is 9.74. The van der Waals surface area contributed by atoms with Crippen molar-refractivity contribution in [2.45, 2.75) is 19.8 Å². The molecule has 0 aliphatic carbocycles. The molecule has 1 aromatic carbocycles. The third kappa shape index (κ3) is 2.78. The minimum atomic E-state index is 0.752. The van der Waals surface area contributed by atoms with E-state index in [-0.39, 0.29) is 0 Å². The predicted molar refractivity (Wildman–Crippen MR) is 85.2 cm³/mol. The van der Waals surface area contributed by atoms with Crippen molar-refractivity contribution in [3.63, 3.8) is 0 Å². The molecule has 1 fully saturated rings. The van der Waals surface area contributed by atoms with Crippen molar-refractivity contribution in [1.29, 1.82) is 0 Å². The van der Waals surface area contributed by atoms with Crippen LogP contribution in [0.4, 0.5) is 5.69 Å². The molecule has 20 heavy (non-hydrogen) atoms. The summed E-state index contributed by atoms with van der Waals surface area (Å²) in [4.78, 5) is 6.94. The molecule has 1 N–H and O–H groups in total. The number of nitrogens with one attached hydrogen (secondary N) is 1. The van der Waals surface area contributed by atoms with Gasteiger partial charge in [-0.1, -0.05) is 6.07 Å². The second-order valence-corrected chi connectivity index (χ2v) is 5.98. The molecule has 1 aliphatic rings. The number of benzene rings is 1. The van der Waals surface area contributed by atoms with Gasteiger partial charge in [-0.15, -0.1) is 0 Å². The van der Waals surface area contributed by atoms with Crippen LogP contribution in [0.15, 0.2) is 30.5 Å². The molecule has 0 bridgehead atoms. The third-order valence-corrected chi connectivity index (χ3v) is 4.27. The molecule has 3 rings (SSSR count). The third-order valence-electron chi connectivity index (χ3n) is 4.27. The number of anilines is 1. The van der Waals surface area contributed by atoms with Crippen LogP contribution < -0.4 is 5.32 Å². The largest absolute Gasteiger partial charge is 0.384 e. The molecule has 0 spiro atoms. The van der Waals surface area contributed by atoms with Crippen molar-refractivity contribution < 1.29 is 0 Å². The lowest BCUT2D eigenvalue weighted by Crippen LogP contribution is -2.35. The Balaban J connectivity index is 1.76. The lowest BCUT2D eigenvalue weighted by molar-refractivity contribution is 0.217. The fraction of sp³-hybridized carbons (Fsp3) is 0.471. The highest BCUT2D eigenvalue weighted by Gasteiger charge is 2.17. The van der Waals surface area contributed by atoms with Crippen LogP contribution in [0, 0.1) is 12.8 Å². The van der Waals surface area contributed by atoms with E-state index in [0.29, 0.717) is 0 Å². The van der Waals surface area contributed by atoms with Crippen molar-refractivity contribution >= 4 is 16.6 Å². The molecule has 1 unspecified atom stereocenters. The quantitative estimate of drug-likeness (QED) is 0.926. The molecule has 1 atom stereocenters. The van der Waals surface area contributed by atoms with E-state index in [1.807, 2.05) is 12.3 Å². The molecule has 1 aliphatic heterocycles. The van der Waals surface area contributed by atoms with Crippen molar-refractivity contribution in [2.24, 2.45) is 5.92 Å². The summed E-state index contributed by atoms with van der Waals surface area (Å²) in [5.41, 5.74) is 3.56. The summed E-state index contributed by atoms with van der Waals surface area (Å²) in [7, 11) is 2.22. The van der Waals surface area contributed by atoms with E-state index >= 15 is 0 Å². The number of piperidine rings is 1. The van der Waals surface area contributed by atoms with E-state index < -0.39 is 0 Å². The Morgan fingerprint density at radius 2 is 2.25 bits per heavy atom. The number of aromatic nitrogens is 1. The fourth-order valence-electron chi connectivity index (χ4n) is 3.16. The van der Waals surface area contributed by atoms with E-state index in [1.165, 1.54) is 42.6 Å². The van der Waals surface area contributed by atoms with E-state index in [1.54, 1.807) is 0 Å². The van der Waals surface area contributed by atoms with Crippen LogP contribution in [0.2, 0.25) is 0 Å². The lowest BCUT2D eigenvalue weighted by atomic mass is 9.98. The molecular formula is C17H23N3. The zero-order chi connectivity index (χ0) is 13.9. The Hall–Kier alpha value is -1.61. The summed E-state index contributed by atoms with van der Waals surface area (Å²) in [5.74, 6) is 0.752. The van der Waals surface area contributed by atoms with Crippen molar-refractivity contribution in [2.75, 3.05) is 32.0 Å². The first-order valence-electron chi connectivity index (χ1n) is 7.51. The molecule has 2 heterocycles. The molecule has 3 heteroatoms. The summed E-state index contributed by atoms with van der Waals surface area (Å²) < 4.78 is 0. The van der Waals surface area contributed by atoms with Gasteiger partial charge in [0, 0.05) is 30.4 Å². The summed E-state index contributed by atoms with van der Waals surface area (Å²) in [5, 5.41) is 4.87. The average Bonchev–Trinajstić information content (AvgIpc) is 2.47. The maximum Gasteiger partial charge on any atom is 0.0751 e. The standard InChI is InChI=1S/C17H23N3/c1-13-7-8-16(15-6-3-9-18-17(13)15)19-11-14-5-4-10-20(2)12-14/h3,6-9,14,19H,4-5,10-12H2,1-2H3. The summed E-state index contributed by atoms with van der Waals surface area (Å²) >= 11 is 0. The van der Waals surface area contributed by atoms with Crippen LogP contribution in [-0.4, -0.2) is 36.6 Å². The number of fused-ring (bicyclic) bond motifs is 1. The number of hydrogen-bond acceptors (Lipinski definition) is 3. The number of rotatable bonds is 3. The minimum Gasteiger partial charge on any atom is -0.384 e. The molecule has 1 saturated heterocycles. The maximum absolute atomic E-state index is 4.50. The second-order valence-electron chi connectivity index (χ2n) is 5.98. The molecule has 0 radical (unpaired) electrons. The van der Waals surface area contributed by atoms with Crippen molar-refractivity contribution in [3.8, 4) is 0 Å². The van der Waals surface area contributed by atoms with Gasteiger partial charge in [-0.2, -0.15) is 0 Å². The van der Waals surface area contributed by atoms with Gasteiger partial charge in [-0.3, -0.25) is 4.98 Å². The highest BCUT2D eigenvalue weighted by atomic mass is 15.1.